The van der Waals surface area contributed by atoms with Crippen LogP contribution in [0.15, 0.2) is 0 Å². The van der Waals surface area contributed by atoms with Crippen molar-refractivity contribution < 1.29 is 34.2 Å². The molecule has 0 bridgehead atoms. The summed E-state index contributed by atoms with van der Waals surface area (Å²) in [6, 6.07) is -4.12. The number of carbonyl (C=O) groups excluding carboxylic acids is 3. The number of likely N-dealkylation sites (tertiary alicyclic amines) is 1. The molecule has 3 amide bonds. The van der Waals surface area contributed by atoms with Gasteiger partial charge in [-0.25, -0.2) is 4.79 Å². The molecule has 1 aliphatic heterocycles. The van der Waals surface area contributed by atoms with Gasteiger partial charge in [-0.3, -0.25) is 19.2 Å². The van der Waals surface area contributed by atoms with Crippen molar-refractivity contribution in [2.45, 2.75) is 56.3 Å². The Morgan fingerprint density at radius 2 is 1.84 bits per heavy atom. The van der Waals surface area contributed by atoms with Crippen LogP contribution in [-0.2, 0) is 24.0 Å². The molecule has 0 aliphatic carbocycles. The number of hydrogen-bond donors (Lipinski definition) is 6. The molecule has 0 saturated carbocycles. The van der Waals surface area contributed by atoms with E-state index in [-0.39, 0.29) is 31.6 Å². The van der Waals surface area contributed by atoms with Crippen molar-refractivity contribution >= 4 is 54.1 Å². The summed E-state index contributed by atoms with van der Waals surface area (Å²) in [6.45, 7) is 0.234. The molecule has 6 N–H and O–H groups in total. The maximum absolute atomic E-state index is 13.1. The van der Waals surface area contributed by atoms with Gasteiger partial charge in [0, 0.05) is 18.7 Å². The summed E-state index contributed by atoms with van der Waals surface area (Å²) in [4.78, 5) is 61.6. The Balaban J connectivity index is 2.93. The van der Waals surface area contributed by atoms with Crippen molar-refractivity contribution in [1.82, 2.24) is 15.5 Å². The normalized spacial score (nSPS) is 18.7. The zero-order valence-electron chi connectivity index (χ0n) is 17.3. The quantitative estimate of drug-likeness (QED) is 0.179. The van der Waals surface area contributed by atoms with Crippen LogP contribution in [0.25, 0.3) is 0 Å². The molecule has 0 aromatic rings. The summed E-state index contributed by atoms with van der Waals surface area (Å²) in [5, 5.41) is 23.2. The van der Waals surface area contributed by atoms with Gasteiger partial charge in [0.2, 0.25) is 17.7 Å². The van der Waals surface area contributed by atoms with Gasteiger partial charge in [-0.1, -0.05) is 0 Å². The lowest BCUT2D eigenvalue weighted by atomic mass is 10.1. The minimum Gasteiger partial charge on any atom is -0.481 e. The van der Waals surface area contributed by atoms with Crippen molar-refractivity contribution in [3.8, 4) is 0 Å². The number of nitrogens with one attached hydrogen (secondary N) is 2. The predicted octanol–water partition coefficient (Wildman–Crippen LogP) is -1.09. The van der Waals surface area contributed by atoms with Crippen LogP contribution in [0.3, 0.4) is 0 Å². The Hall–Kier alpha value is -1.99. The molecule has 0 spiro atoms. The molecule has 31 heavy (non-hydrogen) atoms. The van der Waals surface area contributed by atoms with E-state index in [1.165, 1.54) is 16.7 Å². The second-order valence-corrected chi connectivity index (χ2v) is 8.50. The maximum atomic E-state index is 13.1. The first-order valence-corrected chi connectivity index (χ1v) is 11.9. The van der Waals surface area contributed by atoms with E-state index in [9.17, 15) is 29.1 Å². The highest BCUT2D eigenvalue weighted by Crippen LogP contribution is 2.20. The van der Waals surface area contributed by atoms with Gasteiger partial charge in [0.25, 0.3) is 0 Å². The summed E-state index contributed by atoms with van der Waals surface area (Å²) in [6.07, 6.45) is 2.37. The molecule has 0 aromatic heterocycles. The summed E-state index contributed by atoms with van der Waals surface area (Å²) in [5.41, 5.74) is 5.62. The lowest BCUT2D eigenvalue weighted by Crippen LogP contribution is -2.57. The Bertz CT molecular complexity index is 679. The van der Waals surface area contributed by atoms with Gasteiger partial charge in [-0.15, -0.1) is 0 Å². The van der Waals surface area contributed by atoms with E-state index in [4.69, 9.17) is 10.8 Å². The fourth-order valence-electron chi connectivity index (χ4n) is 3.15. The molecule has 176 valence electrons. The molecule has 1 rings (SSSR count). The first kappa shape index (κ1) is 27.0. The molecule has 1 aliphatic rings. The number of carboxylic acids is 2. The number of thiol groups is 1. The molecular weight excluding hydrogens is 448 g/mol. The zero-order valence-corrected chi connectivity index (χ0v) is 19.0. The minimum atomic E-state index is -1.17. The van der Waals surface area contributed by atoms with Crippen LogP contribution < -0.4 is 16.4 Å². The van der Waals surface area contributed by atoms with Gasteiger partial charge in [-0.2, -0.15) is 24.4 Å². The Morgan fingerprint density at radius 1 is 1.16 bits per heavy atom. The standard InChI is InChI=1S/C18H30N4O7S2/c1-31-8-6-12(18(28)29)21-16(26)13-3-2-7-22(13)17(27)11(4-5-14(23)24)20-15(25)10(19)9-30/h10-13,30H,2-9,19H2,1H3,(H,20,25)(H,21,26)(H,23,24)(H,28,29). The lowest BCUT2D eigenvalue weighted by molar-refractivity contribution is -0.145. The van der Waals surface area contributed by atoms with Crippen LogP contribution >= 0.6 is 24.4 Å². The van der Waals surface area contributed by atoms with E-state index in [2.05, 4.69) is 23.3 Å². The second-order valence-electron chi connectivity index (χ2n) is 7.15. The van der Waals surface area contributed by atoms with Gasteiger partial charge < -0.3 is 31.5 Å². The lowest BCUT2D eigenvalue weighted by Gasteiger charge is -2.29. The topological polar surface area (TPSA) is 179 Å². The number of carboxylic acid groups (broad SMARTS) is 2. The highest BCUT2D eigenvalue weighted by Gasteiger charge is 2.39. The summed E-state index contributed by atoms with van der Waals surface area (Å²) in [5.74, 6) is -3.57. The van der Waals surface area contributed by atoms with Crippen LogP contribution in [0.1, 0.15) is 32.1 Å². The van der Waals surface area contributed by atoms with Crippen molar-refractivity contribution in [2.24, 2.45) is 5.73 Å². The first-order chi connectivity index (χ1) is 14.6. The van der Waals surface area contributed by atoms with E-state index < -0.39 is 53.8 Å². The van der Waals surface area contributed by atoms with Crippen LogP contribution in [0.4, 0.5) is 0 Å². The molecule has 11 nitrogen and oxygen atoms in total. The molecule has 1 fully saturated rings. The highest BCUT2D eigenvalue weighted by atomic mass is 32.2. The Kier molecular flexibility index (Phi) is 11.7. The van der Waals surface area contributed by atoms with Gasteiger partial charge in [0.05, 0.1) is 6.04 Å². The number of aliphatic carboxylic acids is 2. The fourth-order valence-corrected chi connectivity index (χ4v) is 3.79. The van der Waals surface area contributed by atoms with Gasteiger partial charge >= 0.3 is 11.9 Å². The number of carbonyl (C=O) groups is 5. The van der Waals surface area contributed by atoms with Crippen molar-refractivity contribution in [3.63, 3.8) is 0 Å². The van der Waals surface area contributed by atoms with Crippen molar-refractivity contribution in [2.75, 3.05) is 24.3 Å². The smallest absolute Gasteiger partial charge is 0.326 e. The summed E-state index contributed by atoms with van der Waals surface area (Å²) < 4.78 is 0. The number of nitrogens with zero attached hydrogens (tertiary/aromatic N) is 1. The van der Waals surface area contributed by atoms with Crippen LogP contribution in [-0.4, -0.2) is 93.2 Å². The van der Waals surface area contributed by atoms with Crippen molar-refractivity contribution in [3.05, 3.63) is 0 Å². The molecule has 0 radical (unpaired) electrons. The van der Waals surface area contributed by atoms with Gasteiger partial charge in [-0.05, 0) is 37.7 Å². The average Bonchev–Trinajstić information content (AvgIpc) is 3.22. The molecule has 0 aromatic carbocycles. The SMILES string of the molecule is CSCCC(NC(=O)C1CCCN1C(=O)C(CCC(=O)O)NC(=O)C(N)CS)C(=O)O. The zero-order chi connectivity index (χ0) is 23.6. The number of nitrogens with two attached hydrogens (primary N) is 1. The Labute approximate surface area is 190 Å². The molecule has 1 heterocycles. The largest absolute Gasteiger partial charge is 0.481 e. The molecule has 4 unspecified atom stereocenters. The molecule has 1 saturated heterocycles. The molecule has 4 atom stereocenters. The van der Waals surface area contributed by atoms with Crippen molar-refractivity contribution in [1.29, 1.82) is 0 Å². The van der Waals surface area contributed by atoms with E-state index in [1.54, 1.807) is 0 Å². The number of thioether (sulfide) groups is 1. The highest BCUT2D eigenvalue weighted by molar-refractivity contribution is 7.98. The number of rotatable bonds is 13. The minimum absolute atomic E-state index is 0.0348. The first-order valence-electron chi connectivity index (χ1n) is 9.83. The third kappa shape index (κ3) is 8.57. The predicted molar refractivity (Wildman–Crippen MR) is 118 cm³/mol. The Morgan fingerprint density at radius 3 is 2.39 bits per heavy atom. The van der Waals surface area contributed by atoms with Gasteiger partial charge in [0.1, 0.15) is 18.1 Å². The second kappa shape index (κ2) is 13.4. The number of hydrogen-bond acceptors (Lipinski definition) is 8. The number of amides is 3. The third-order valence-electron chi connectivity index (χ3n) is 4.86. The average molecular weight is 479 g/mol. The van der Waals surface area contributed by atoms with Gasteiger partial charge in [0.15, 0.2) is 0 Å². The molecule has 13 heteroatoms. The monoisotopic (exact) mass is 478 g/mol. The van der Waals surface area contributed by atoms with Crippen LogP contribution in [0.5, 0.6) is 0 Å². The van der Waals surface area contributed by atoms with Crippen LogP contribution in [0, 0.1) is 0 Å². The van der Waals surface area contributed by atoms with Crippen LogP contribution in [0.2, 0.25) is 0 Å². The van der Waals surface area contributed by atoms with E-state index in [0.29, 0.717) is 18.6 Å². The summed E-state index contributed by atoms with van der Waals surface area (Å²) >= 11 is 5.39. The summed E-state index contributed by atoms with van der Waals surface area (Å²) in [7, 11) is 0. The van der Waals surface area contributed by atoms with E-state index in [1.807, 2.05) is 6.26 Å². The van der Waals surface area contributed by atoms with E-state index in [0.717, 1.165) is 0 Å². The van der Waals surface area contributed by atoms with E-state index >= 15 is 0 Å². The molecular formula is C18H30N4O7S2. The third-order valence-corrected chi connectivity index (χ3v) is 5.90. The fraction of sp³-hybridized carbons (Fsp3) is 0.722. The maximum Gasteiger partial charge on any atom is 0.326 e.